The third kappa shape index (κ3) is 4.80. The smallest absolute Gasteiger partial charge is 0.264 e. The van der Waals surface area contributed by atoms with E-state index in [4.69, 9.17) is 20.9 Å². The fourth-order valence-corrected chi connectivity index (χ4v) is 3.67. The summed E-state index contributed by atoms with van der Waals surface area (Å²) in [7, 11) is 1.59. The van der Waals surface area contributed by atoms with Gasteiger partial charge in [-0.3, -0.25) is 9.59 Å². The van der Waals surface area contributed by atoms with Crippen LogP contribution in [-0.2, 0) is 11.3 Å². The number of aromatic nitrogens is 3. The number of benzene rings is 2. The quantitative estimate of drug-likeness (QED) is 0.451. The summed E-state index contributed by atoms with van der Waals surface area (Å²) in [5.74, 6) is 0.780. The zero-order valence-corrected chi connectivity index (χ0v) is 19.0. The lowest BCUT2D eigenvalue weighted by atomic mass is 10.1. The highest BCUT2D eigenvalue weighted by molar-refractivity contribution is 6.30. The summed E-state index contributed by atoms with van der Waals surface area (Å²) >= 11 is 5.97. The summed E-state index contributed by atoms with van der Waals surface area (Å²) in [6, 6.07) is 15.8. The highest BCUT2D eigenvalue weighted by atomic mass is 35.5. The molecule has 4 rings (SSSR count). The number of ether oxygens (including phenoxy) is 1. The first kappa shape index (κ1) is 22.3. The van der Waals surface area contributed by atoms with Crippen molar-refractivity contribution in [3.05, 3.63) is 81.2 Å². The number of amides is 1. The average Bonchev–Trinajstić information content (AvgIpc) is 3.26. The van der Waals surface area contributed by atoms with E-state index in [0.717, 1.165) is 5.56 Å². The van der Waals surface area contributed by atoms with E-state index in [1.54, 1.807) is 75.6 Å². The topological polar surface area (TPSA) is 99.3 Å². The van der Waals surface area contributed by atoms with Gasteiger partial charge in [0, 0.05) is 22.0 Å². The van der Waals surface area contributed by atoms with Crippen molar-refractivity contribution in [1.82, 2.24) is 14.7 Å². The first-order valence-electron chi connectivity index (χ1n) is 10.1. The van der Waals surface area contributed by atoms with Crippen molar-refractivity contribution in [2.45, 2.75) is 20.4 Å². The number of nitrogens with zero attached hydrogens (tertiary/aromatic N) is 3. The average molecular weight is 465 g/mol. The lowest BCUT2D eigenvalue weighted by Crippen LogP contribution is -2.30. The molecule has 1 N–H and O–H groups in total. The van der Waals surface area contributed by atoms with Crippen molar-refractivity contribution < 1.29 is 14.1 Å². The molecule has 0 aliphatic heterocycles. The fourth-order valence-electron chi connectivity index (χ4n) is 3.48. The highest BCUT2D eigenvalue weighted by Gasteiger charge is 2.20. The van der Waals surface area contributed by atoms with Gasteiger partial charge in [-0.15, -0.1) is 0 Å². The molecule has 168 valence electrons. The van der Waals surface area contributed by atoms with Crippen molar-refractivity contribution >= 4 is 23.2 Å². The number of aryl methyl sites for hydroxylation is 2. The first-order chi connectivity index (χ1) is 15.9. The van der Waals surface area contributed by atoms with E-state index >= 15 is 0 Å². The Morgan fingerprint density at radius 1 is 1.15 bits per heavy atom. The van der Waals surface area contributed by atoms with Crippen molar-refractivity contribution in [3.63, 3.8) is 0 Å². The molecule has 2 aromatic heterocycles. The molecule has 0 atom stereocenters. The van der Waals surface area contributed by atoms with Crippen LogP contribution < -0.4 is 15.6 Å². The van der Waals surface area contributed by atoms with Gasteiger partial charge in [-0.2, -0.15) is 4.98 Å². The van der Waals surface area contributed by atoms with E-state index in [0.29, 0.717) is 33.5 Å². The van der Waals surface area contributed by atoms with Gasteiger partial charge in [0.2, 0.25) is 11.7 Å². The van der Waals surface area contributed by atoms with Gasteiger partial charge < -0.3 is 19.1 Å². The van der Waals surface area contributed by atoms with Crippen LogP contribution in [0.4, 0.5) is 5.69 Å². The molecule has 0 spiro atoms. The Hall–Kier alpha value is -3.91. The number of halogens is 1. The summed E-state index contributed by atoms with van der Waals surface area (Å²) in [4.78, 5) is 30.3. The Morgan fingerprint density at radius 2 is 1.91 bits per heavy atom. The van der Waals surface area contributed by atoms with Gasteiger partial charge in [-0.05, 0) is 67.9 Å². The molecule has 0 saturated carbocycles. The van der Waals surface area contributed by atoms with Crippen molar-refractivity contribution in [2.75, 3.05) is 12.4 Å². The molecule has 0 radical (unpaired) electrons. The maximum absolute atomic E-state index is 13.3. The molecular formula is C24H21ClN4O4. The number of pyridine rings is 1. The lowest BCUT2D eigenvalue weighted by molar-refractivity contribution is -0.116. The fraction of sp³-hybridized carbons (Fsp3) is 0.167. The van der Waals surface area contributed by atoms with Gasteiger partial charge in [-0.1, -0.05) is 22.8 Å². The standard InChI is InChI=1S/C24H21ClN4O4/c1-14-11-15(2)29(13-20(30)26-18-6-4-5-17(25)12-18)24(31)21(14)23-27-22(28-33-23)16-7-9-19(32-3)10-8-16/h4-12H,13H2,1-3H3,(H,26,30). The molecule has 8 nitrogen and oxygen atoms in total. The summed E-state index contributed by atoms with van der Waals surface area (Å²) < 4.78 is 11.9. The summed E-state index contributed by atoms with van der Waals surface area (Å²) in [6.07, 6.45) is 0. The molecule has 9 heteroatoms. The Labute approximate surface area is 194 Å². The Morgan fingerprint density at radius 3 is 2.61 bits per heavy atom. The minimum Gasteiger partial charge on any atom is -0.497 e. The van der Waals surface area contributed by atoms with Gasteiger partial charge in [0.15, 0.2) is 0 Å². The van der Waals surface area contributed by atoms with Gasteiger partial charge in [-0.25, -0.2) is 0 Å². The van der Waals surface area contributed by atoms with E-state index in [9.17, 15) is 9.59 Å². The van der Waals surface area contributed by atoms with Gasteiger partial charge in [0.1, 0.15) is 17.9 Å². The molecule has 1 amide bonds. The van der Waals surface area contributed by atoms with Crippen LogP contribution in [0, 0.1) is 13.8 Å². The van der Waals surface area contributed by atoms with Gasteiger partial charge in [0.25, 0.3) is 11.4 Å². The molecule has 0 unspecified atom stereocenters. The summed E-state index contributed by atoms with van der Waals surface area (Å²) in [6.45, 7) is 3.38. The maximum atomic E-state index is 13.3. The number of nitrogens with one attached hydrogen (secondary N) is 1. The Bertz CT molecular complexity index is 1380. The number of anilines is 1. The van der Waals surface area contributed by atoms with Crippen LogP contribution in [0.3, 0.4) is 0 Å². The predicted octanol–water partition coefficient (Wildman–Crippen LogP) is 4.48. The third-order valence-electron chi connectivity index (χ3n) is 5.10. The molecule has 0 fully saturated rings. The van der Waals surface area contributed by atoms with Crippen LogP contribution in [0.25, 0.3) is 22.8 Å². The van der Waals surface area contributed by atoms with Crippen molar-refractivity contribution in [2.24, 2.45) is 0 Å². The molecular weight excluding hydrogens is 444 g/mol. The van der Waals surface area contributed by atoms with E-state index < -0.39 is 5.56 Å². The number of hydrogen-bond donors (Lipinski definition) is 1. The molecule has 0 saturated heterocycles. The normalized spacial score (nSPS) is 10.8. The largest absolute Gasteiger partial charge is 0.497 e. The van der Waals surface area contributed by atoms with E-state index in [2.05, 4.69) is 15.5 Å². The second-order valence-electron chi connectivity index (χ2n) is 7.45. The number of carbonyl (C=O) groups is 1. The zero-order chi connectivity index (χ0) is 23.5. The highest BCUT2D eigenvalue weighted by Crippen LogP contribution is 2.24. The van der Waals surface area contributed by atoms with Crippen LogP contribution >= 0.6 is 11.6 Å². The van der Waals surface area contributed by atoms with E-state index in [1.807, 2.05) is 0 Å². The van der Waals surface area contributed by atoms with E-state index in [-0.39, 0.29) is 23.9 Å². The van der Waals surface area contributed by atoms with Crippen molar-refractivity contribution in [3.8, 4) is 28.6 Å². The monoisotopic (exact) mass is 464 g/mol. The van der Waals surface area contributed by atoms with Crippen LogP contribution in [-0.4, -0.2) is 27.7 Å². The Balaban J connectivity index is 1.63. The first-order valence-corrected chi connectivity index (χ1v) is 10.5. The molecule has 33 heavy (non-hydrogen) atoms. The lowest BCUT2D eigenvalue weighted by Gasteiger charge is -2.13. The van der Waals surface area contributed by atoms with Crippen molar-refractivity contribution in [1.29, 1.82) is 0 Å². The third-order valence-corrected chi connectivity index (χ3v) is 5.34. The molecule has 4 aromatic rings. The number of carbonyl (C=O) groups excluding carboxylic acids is 1. The second-order valence-corrected chi connectivity index (χ2v) is 7.88. The zero-order valence-electron chi connectivity index (χ0n) is 18.3. The summed E-state index contributed by atoms with van der Waals surface area (Å²) in [5, 5.41) is 7.26. The molecule has 2 aromatic carbocycles. The van der Waals surface area contributed by atoms with Crippen LogP contribution in [0.15, 0.2) is 63.9 Å². The second kappa shape index (κ2) is 9.30. The van der Waals surface area contributed by atoms with Crippen LogP contribution in [0.1, 0.15) is 11.3 Å². The minimum absolute atomic E-state index is 0.0901. The summed E-state index contributed by atoms with van der Waals surface area (Å²) in [5.41, 5.74) is 2.44. The number of methoxy groups -OCH3 is 1. The van der Waals surface area contributed by atoms with Gasteiger partial charge in [0.05, 0.1) is 7.11 Å². The number of hydrogen-bond acceptors (Lipinski definition) is 6. The Kier molecular flexibility index (Phi) is 6.28. The maximum Gasteiger partial charge on any atom is 0.264 e. The molecule has 0 aliphatic carbocycles. The molecule has 0 aliphatic rings. The van der Waals surface area contributed by atoms with Crippen LogP contribution in [0.2, 0.25) is 5.02 Å². The molecule has 2 heterocycles. The van der Waals surface area contributed by atoms with Gasteiger partial charge >= 0.3 is 0 Å². The number of rotatable bonds is 6. The van der Waals surface area contributed by atoms with E-state index in [1.165, 1.54) is 4.57 Å². The SMILES string of the molecule is COc1ccc(-c2noc(-c3c(C)cc(C)n(CC(=O)Nc4cccc(Cl)c4)c3=O)n2)cc1. The predicted molar refractivity (Wildman–Crippen MR) is 126 cm³/mol. The molecule has 0 bridgehead atoms. The van der Waals surface area contributed by atoms with Crippen LogP contribution in [0.5, 0.6) is 5.75 Å². The minimum atomic E-state index is -0.390.